The Hall–Kier alpha value is -2.94. The van der Waals surface area contributed by atoms with Crippen LogP contribution in [0.3, 0.4) is 0 Å². The van der Waals surface area contributed by atoms with Crippen molar-refractivity contribution in [1.82, 2.24) is 5.32 Å². The smallest absolute Gasteiger partial charge is 0.319 e. The minimum atomic E-state index is -0.957. The normalized spacial score (nSPS) is 9.76. The van der Waals surface area contributed by atoms with Crippen molar-refractivity contribution >= 4 is 11.7 Å². The predicted molar refractivity (Wildman–Crippen MR) is 73.4 cm³/mol. The Balaban J connectivity index is 1.89. The Kier molecular flexibility index (Phi) is 4.46. The second-order valence-corrected chi connectivity index (χ2v) is 4.25. The molecule has 6 heteroatoms. The van der Waals surface area contributed by atoms with Crippen LogP contribution in [0.25, 0.3) is 0 Å². The van der Waals surface area contributed by atoms with Gasteiger partial charge in [-0.1, -0.05) is 6.07 Å². The van der Waals surface area contributed by atoms with Crippen molar-refractivity contribution in [2.24, 2.45) is 0 Å². The Morgan fingerprint density at radius 3 is 2.43 bits per heavy atom. The summed E-state index contributed by atoms with van der Waals surface area (Å²) in [5, 5.41) is 13.7. The molecule has 0 saturated heterocycles. The van der Waals surface area contributed by atoms with Crippen molar-refractivity contribution in [1.29, 1.82) is 5.26 Å². The summed E-state index contributed by atoms with van der Waals surface area (Å²) in [6, 6.07) is 11.2. The number of urea groups is 1. The van der Waals surface area contributed by atoms with E-state index in [9.17, 15) is 13.6 Å². The summed E-state index contributed by atoms with van der Waals surface area (Å²) in [6.07, 6.45) is 0. The minimum absolute atomic E-state index is 0.0688. The molecule has 2 rings (SSSR count). The highest BCUT2D eigenvalue weighted by molar-refractivity contribution is 5.89. The molecular formula is C15H11F2N3O. The van der Waals surface area contributed by atoms with Gasteiger partial charge in [-0.05, 0) is 42.0 Å². The molecule has 2 aromatic carbocycles. The van der Waals surface area contributed by atoms with Crippen LogP contribution in [0.4, 0.5) is 19.3 Å². The van der Waals surface area contributed by atoms with Gasteiger partial charge in [-0.3, -0.25) is 0 Å². The van der Waals surface area contributed by atoms with Gasteiger partial charge in [0.25, 0.3) is 0 Å². The third kappa shape index (κ3) is 4.01. The van der Waals surface area contributed by atoms with Crippen LogP contribution in [-0.2, 0) is 6.54 Å². The molecule has 0 atom stereocenters. The molecule has 0 aliphatic carbocycles. The average Bonchev–Trinajstić information content (AvgIpc) is 2.49. The summed E-state index contributed by atoms with van der Waals surface area (Å²) < 4.78 is 25.7. The van der Waals surface area contributed by atoms with E-state index >= 15 is 0 Å². The van der Waals surface area contributed by atoms with E-state index in [1.54, 1.807) is 24.3 Å². The maximum Gasteiger partial charge on any atom is 0.319 e. The fourth-order valence-electron chi connectivity index (χ4n) is 1.64. The molecule has 0 saturated carbocycles. The van der Waals surface area contributed by atoms with E-state index in [-0.39, 0.29) is 6.54 Å². The van der Waals surface area contributed by atoms with Gasteiger partial charge in [0.05, 0.1) is 11.6 Å². The van der Waals surface area contributed by atoms with Crippen molar-refractivity contribution in [3.8, 4) is 6.07 Å². The van der Waals surface area contributed by atoms with Crippen LogP contribution in [0.15, 0.2) is 42.5 Å². The van der Waals surface area contributed by atoms with Crippen LogP contribution >= 0.6 is 0 Å². The van der Waals surface area contributed by atoms with Crippen molar-refractivity contribution in [3.05, 3.63) is 65.2 Å². The highest BCUT2D eigenvalue weighted by Crippen LogP contribution is 2.10. The van der Waals surface area contributed by atoms with E-state index in [0.29, 0.717) is 16.8 Å². The standard InChI is InChI=1S/C15H11F2N3O/c16-13-6-3-11(7-14(13)17)9-19-15(21)20-12-4-1-10(8-18)2-5-12/h1-7H,9H2,(H2,19,20,21). The highest BCUT2D eigenvalue weighted by atomic mass is 19.2. The van der Waals surface area contributed by atoms with Crippen LogP contribution in [0.2, 0.25) is 0 Å². The molecule has 0 aliphatic heterocycles. The number of benzene rings is 2. The van der Waals surface area contributed by atoms with Gasteiger partial charge in [-0.2, -0.15) is 5.26 Å². The lowest BCUT2D eigenvalue weighted by Gasteiger charge is -2.08. The average molecular weight is 287 g/mol. The predicted octanol–water partition coefficient (Wildman–Crippen LogP) is 3.16. The van der Waals surface area contributed by atoms with Gasteiger partial charge >= 0.3 is 6.03 Å². The minimum Gasteiger partial charge on any atom is -0.334 e. The summed E-state index contributed by atoms with van der Waals surface area (Å²) in [7, 11) is 0. The van der Waals surface area contributed by atoms with Gasteiger partial charge in [0.1, 0.15) is 0 Å². The molecular weight excluding hydrogens is 276 g/mol. The summed E-state index contributed by atoms with van der Waals surface area (Å²) >= 11 is 0. The SMILES string of the molecule is N#Cc1ccc(NC(=O)NCc2ccc(F)c(F)c2)cc1. The number of rotatable bonds is 3. The molecule has 2 aromatic rings. The van der Waals surface area contributed by atoms with E-state index in [1.165, 1.54) is 6.07 Å². The largest absolute Gasteiger partial charge is 0.334 e. The zero-order valence-electron chi connectivity index (χ0n) is 10.9. The maximum atomic E-state index is 13.0. The van der Waals surface area contributed by atoms with Crippen molar-refractivity contribution < 1.29 is 13.6 Å². The number of nitriles is 1. The number of carbonyl (C=O) groups excluding carboxylic acids is 1. The molecule has 0 fully saturated rings. The number of halogens is 2. The van der Waals surface area contributed by atoms with Gasteiger partial charge in [0.15, 0.2) is 11.6 Å². The first-order chi connectivity index (χ1) is 10.1. The van der Waals surface area contributed by atoms with E-state index in [4.69, 9.17) is 5.26 Å². The topological polar surface area (TPSA) is 64.9 Å². The molecule has 0 heterocycles. The lowest BCUT2D eigenvalue weighted by atomic mass is 10.2. The van der Waals surface area contributed by atoms with Gasteiger partial charge in [0.2, 0.25) is 0 Å². The quantitative estimate of drug-likeness (QED) is 0.910. The Morgan fingerprint density at radius 1 is 1.10 bits per heavy atom. The molecule has 2 amide bonds. The third-order valence-corrected chi connectivity index (χ3v) is 2.71. The number of nitrogens with one attached hydrogen (secondary N) is 2. The third-order valence-electron chi connectivity index (χ3n) is 2.71. The molecule has 0 aliphatic rings. The first-order valence-electron chi connectivity index (χ1n) is 6.07. The second-order valence-electron chi connectivity index (χ2n) is 4.25. The first kappa shape index (κ1) is 14.5. The summed E-state index contributed by atoms with van der Waals surface area (Å²) in [6.45, 7) is 0.0688. The summed E-state index contributed by atoms with van der Waals surface area (Å²) in [4.78, 5) is 11.6. The fraction of sp³-hybridized carbons (Fsp3) is 0.0667. The molecule has 0 radical (unpaired) electrons. The van der Waals surface area contributed by atoms with Gasteiger partial charge in [0, 0.05) is 12.2 Å². The lowest BCUT2D eigenvalue weighted by Crippen LogP contribution is -2.28. The number of hydrogen-bond acceptors (Lipinski definition) is 2. The van der Waals surface area contributed by atoms with Gasteiger partial charge < -0.3 is 10.6 Å². The van der Waals surface area contributed by atoms with E-state index in [2.05, 4.69) is 10.6 Å². The molecule has 0 unspecified atom stereocenters. The van der Waals surface area contributed by atoms with Crippen molar-refractivity contribution in [3.63, 3.8) is 0 Å². The van der Waals surface area contributed by atoms with Crippen LogP contribution < -0.4 is 10.6 Å². The molecule has 0 spiro atoms. The lowest BCUT2D eigenvalue weighted by molar-refractivity contribution is 0.251. The zero-order valence-corrected chi connectivity index (χ0v) is 10.9. The highest BCUT2D eigenvalue weighted by Gasteiger charge is 2.05. The van der Waals surface area contributed by atoms with Crippen LogP contribution in [0, 0.1) is 23.0 Å². The van der Waals surface area contributed by atoms with Crippen LogP contribution in [0.5, 0.6) is 0 Å². The summed E-state index contributed by atoms with van der Waals surface area (Å²) in [5.41, 5.74) is 1.46. The summed E-state index contributed by atoms with van der Waals surface area (Å²) in [5.74, 6) is -1.89. The number of hydrogen-bond donors (Lipinski definition) is 2. The van der Waals surface area contributed by atoms with E-state index in [1.807, 2.05) is 6.07 Å². The van der Waals surface area contributed by atoms with E-state index < -0.39 is 17.7 Å². The first-order valence-corrected chi connectivity index (χ1v) is 6.07. The monoisotopic (exact) mass is 287 g/mol. The Bertz CT molecular complexity index is 693. The Labute approximate surface area is 120 Å². The maximum absolute atomic E-state index is 13.0. The molecule has 2 N–H and O–H groups in total. The molecule has 21 heavy (non-hydrogen) atoms. The van der Waals surface area contributed by atoms with Crippen LogP contribution in [0.1, 0.15) is 11.1 Å². The molecule has 4 nitrogen and oxygen atoms in total. The van der Waals surface area contributed by atoms with Gasteiger partial charge in [-0.25, -0.2) is 13.6 Å². The number of amides is 2. The van der Waals surface area contributed by atoms with Crippen molar-refractivity contribution in [2.75, 3.05) is 5.32 Å². The number of carbonyl (C=O) groups is 1. The zero-order chi connectivity index (χ0) is 15.2. The molecule has 0 aromatic heterocycles. The van der Waals surface area contributed by atoms with Gasteiger partial charge in [-0.15, -0.1) is 0 Å². The second kappa shape index (κ2) is 6.48. The number of nitrogens with zero attached hydrogens (tertiary/aromatic N) is 1. The fourth-order valence-corrected chi connectivity index (χ4v) is 1.64. The van der Waals surface area contributed by atoms with Crippen molar-refractivity contribution in [2.45, 2.75) is 6.54 Å². The molecule has 106 valence electrons. The number of anilines is 1. The van der Waals surface area contributed by atoms with E-state index in [0.717, 1.165) is 12.1 Å². The Morgan fingerprint density at radius 2 is 1.81 bits per heavy atom. The molecule has 0 bridgehead atoms. The van der Waals surface area contributed by atoms with Crippen LogP contribution in [-0.4, -0.2) is 6.03 Å².